The summed E-state index contributed by atoms with van der Waals surface area (Å²) in [5, 5.41) is 8.97. The number of allylic oxidation sites excluding steroid dienone is 1. The third-order valence-corrected chi connectivity index (χ3v) is 7.30. The van der Waals surface area contributed by atoms with Gasteiger partial charge in [0.25, 0.3) is 0 Å². The molecule has 0 N–H and O–H groups in total. The predicted octanol–water partition coefficient (Wildman–Crippen LogP) is 5.26. The second-order valence-corrected chi connectivity index (χ2v) is 8.91. The van der Waals surface area contributed by atoms with Crippen molar-refractivity contribution < 1.29 is 4.48 Å². The van der Waals surface area contributed by atoms with Gasteiger partial charge in [0.2, 0.25) is 0 Å². The van der Waals surface area contributed by atoms with Crippen LogP contribution in [0.1, 0.15) is 36.8 Å². The average molecular weight is 331 g/mol. The summed E-state index contributed by atoms with van der Waals surface area (Å²) in [7, 11) is 4.89. The SMILES string of the molecule is C[N+]1(C)[C@H]2CC[C@H]1CC(C=C(c1ccsc1)c1ccsc1)C2. The number of quaternary nitrogens is 1. The Labute approximate surface area is 141 Å². The highest BCUT2D eigenvalue weighted by atomic mass is 32.1. The molecule has 0 radical (unpaired) electrons. The Kier molecular flexibility index (Phi) is 3.75. The predicted molar refractivity (Wildman–Crippen MR) is 97.4 cm³/mol. The van der Waals surface area contributed by atoms with Gasteiger partial charge in [-0.15, -0.1) is 0 Å². The molecule has 2 atom stereocenters. The van der Waals surface area contributed by atoms with Crippen LogP contribution < -0.4 is 0 Å². The van der Waals surface area contributed by atoms with Crippen molar-refractivity contribution in [2.24, 2.45) is 5.92 Å². The molecule has 4 rings (SSSR count). The van der Waals surface area contributed by atoms with Gasteiger partial charge in [-0.1, -0.05) is 6.08 Å². The fourth-order valence-corrected chi connectivity index (χ4v) is 5.80. The first-order valence-corrected chi connectivity index (χ1v) is 10.1. The van der Waals surface area contributed by atoms with Crippen LogP contribution in [0.5, 0.6) is 0 Å². The van der Waals surface area contributed by atoms with E-state index in [9.17, 15) is 0 Å². The molecule has 0 aromatic carbocycles. The molecule has 2 aliphatic rings. The van der Waals surface area contributed by atoms with E-state index >= 15 is 0 Å². The summed E-state index contributed by atoms with van der Waals surface area (Å²) in [4.78, 5) is 0. The monoisotopic (exact) mass is 330 g/mol. The van der Waals surface area contributed by atoms with Crippen molar-refractivity contribution in [2.75, 3.05) is 14.1 Å². The number of rotatable bonds is 3. The topological polar surface area (TPSA) is 0 Å². The zero-order chi connectivity index (χ0) is 15.2. The molecule has 116 valence electrons. The Hall–Kier alpha value is -0.900. The summed E-state index contributed by atoms with van der Waals surface area (Å²) >= 11 is 3.60. The molecule has 2 fully saturated rings. The van der Waals surface area contributed by atoms with Crippen molar-refractivity contribution >= 4 is 28.2 Å². The maximum absolute atomic E-state index is 2.59. The average Bonchev–Trinajstić information content (AvgIpc) is 3.19. The molecule has 2 bridgehead atoms. The maximum atomic E-state index is 2.59. The Bertz CT molecular complexity index is 599. The minimum absolute atomic E-state index is 0.749. The lowest BCUT2D eigenvalue weighted by molar-refractivity contribution is -0.931. The summed E-state index contributed by atoms with van der Waals surface area (Å²) in [6.45, 7) is 0. The van der Waals surface area contributed by atoms with Gasteiger partial charge < -0.3 is 4.48 Å². The van der Waals surface area contributed by atoms with Gasteiger partial charge in [-0.3, -0.25) is 0 Å². The standard InChI is InChI=1S/C19H24NS2/c1-20(2)17-3-4-18(20)10-14(9-17)11-19(15-5-7-21-12-15)16-6-8-22-13-16/h5-8,11-14,17-18H,3-4,9-10H2,1-2H3/q+1/t17-,18-/m0/s1. The lowest BCUT2D eigenvalue weighted by atomic mass is 9.86. The van der Waals surface area contributed by atoms with Crippen molar-refractivity contribution in [3.8, 4) is 0 Å². The normalized spacial score (nSPS) is 29.5. The molecule has 2 saturated heterocycles. The van der Waals surface area contributed by atoms with Crippen LogP contribution in [0.15, 0.2) is 39.7 Å². The van der Waals surface area contributed by atoms with Gasteiger partial charge in [-0.25, -0.2) is 0 Å². The highest BCUT2D eigenvalue weighted by molar-refractivity contribution is 7.08. The van der Waals surface area contributed by atoms with E-state index in [-0.39, 0.29) is 0 Å². The second-order valence-electron chi connectivity index (χ2n) is 7.35. The molecule has 2 aromatic rings. The van der Waals surface area contributed by atoms with Crippen LogP contribution in [0, 0.1) is 5.92 Å². The van der Waals surface area contributed by atoms with E-state index in [1.807, 2.05) is 0 Å². The molecule has 0 amide bonds. The third kappa shape index (κ3) is 2.49. The minimum atomic E-state index is 0.749. The third-order valence-electron chi connectivity index (χ3n) is 5.93. The summed E-state index contributed by atoms with van der Waals surface area (Å²) in [6.07, 6.45) is 8.17. The van der Waals surface area contributed by atoms with Gasteiger partial charge in [0.05, 0.1) is 26.2 Å². The van der Waals surface area contributed by atoms with Gasteiger partial charge in [0, 0.05) is 25.7 Å². The van der Waals surface area contributed by atoms with Crippen molar-refractivity contribution in [3.05, 3.63) is 50.9 Å². The molecule has 0 aliphatic carbocycles. The molecule has 2 aromatic heterocycles. The Morgan fingerprint density at radius 1 is 1.00 bits per heavy atom. The highest BCUT2D eigenvalue weighted by Gasteiger charge is 2.48. The van der Waals surface area contributed by atoms with Gasteiger partial charge in [-0.05, 0) is 56.3 Å². The summed E-state index contributed by atoms with van der Waals surface area (Å²) in [6, 6.07) is 6.27. The van der Waals surface area contributed by atoms with E-state index in [0.717, 1.165) is 18.0 Å². The highest BCUT2D eigenvalue weighted by Crippen LogP contribution is 2.43. The minimum Gasteiger partial charge on any atom is -0.324 e. The first kappa shape index (κ1) is 14.7. The fourth-order valence-electron chi connectivity index (χ4n) is 4.49. The van der Waals surface area contributed by atoms with Crippen LogP contribution in [0.2, 0.25) is 0 Å². The lowest BCUT2D eigenvalue weighted by Gasteiger charge is -2.43. The molecule has 2 aliphatic heterocycles. The summed E-state index contributed by atoms with van der Waals surface area (Å²) in [5.74, 6) is 0.749. The molecule has 0 unspecified atom stereocenters. The summed E-state index contributed by atoms with van der Waals surface area (Å²) in [5.41, 5.74) is 4.25. The van der Waals surface area contributed by atoms with Gasteiger partial charge >= 0.3 is 0 Å². The number of nitrogens with zero attached hydrogens (tertiary/aromatic N) is 1. The van der Waals surface area contributed by atoms with Crippen molar-refractivity contribution in [2.45, 2.75) is 37.8 Å². The van der Waals surface area contributed by atoms with E-state index < -0.39 is 0 Å². The number of thiophene rings is 2. The summed E-state index contributed by atoms with van der Waals surface area (Å²) < 4.78 is 1.26. The van der Waals surface area contributed by atoms with Crippen LogP contribution in [-0.2, 0) is 0 Å². The van der Waals surface area contributed by atoms with Crippen molar-refractivity contribution in [3.63, 3.8) is 0 Å². The van der Waals surface area contributed by atoms with E-state index in [4.69, 9.17) is 0 Å². The van der Waals surface area contributed by atoms with E-state index in [1.165, 1.54) is 46.9 Å². The fraction of sp³-hybridized carbons (Fsp3) is 0.474. The Morgan fingerprint density at radius 3 is 2.00 bits per heavy atom. The van der Waals surface area contributed by atoms with E-state index in [1.54, 1.807) is 22.7 Å². The first-order chi connectivity index (χ1) is 10.6. The maximum Gasteiger partial charge on any atom is 0.0896 e. The first-order valence-electron chi connectivity index (χ1n) is 8.25. The number of hydrogen-bond acceptors (Lipinski definition) is 2. The molecule has 3 heteroatoms. The Morgan fingerprint density at radius 2 is 1.55 bits per heavy atom. The van der Waals surface area contributed by atoms with Gasteiger partial charge in [0.1, 0.15) is 0 Å². The van der Waals surface area contributed by atoms with E-state index in [2.05, 4.69) is 53.8 Å². The van der Waals surface area contributed by atoms with Crippen LogP contribution in [0.3, 0.4) is 0 Å². The molecular formula is C19H24NS2+. The smallest absolute Gasteiger partial charge is 0.0896 e. The Balaban J connectivity index is 1.65. The van der Waals surface area contributed by atoms with Crippen molar-refractivity contribution in [1.82, 2.24) is 0 Å². The lowest BCUT2D eigenvalue weighted by Crippen LogP contribution is -2.54. The van der Waals surface area contributed by atoms with Crippen LogP contribution in [0.25, 0.3) is 5.57 Å². The number of hydrogen-bond donors (Lipinski definition) is 0. The zero-order valence-corrected chi connectivity index (χ0v) is 15.0. The van der Waals surface area contributed by atoms with E-state index in [0.29, 0.717) is 0 Å². The molecule has 4 heterocycles. The van der Waals surface area contributed by atoms with Crippen LogP contribution in [-0.4, -0.2) is 30.7 Å². The largest absolute Gasteiger partial charge is 0.324 e. The zero-order valence-electron chi connectivity index (χ0n) is 13.4. The number of fused-ring (bicyclic) bond motifs is 2. The van der Waals surface area contributed by atoms with Crippen LogP contribution >= 0.6 is 22.7 Å². The molecule has 0 saturated carbocycles. The van der Waals surface area contributed by atoms with Gasteiger partial charge in [-0.2, -0.15) is 22.7 Å². The van der Waals surface area contributed by atoms with Crippen LogP contribution in [0.4, 0.5) is 0 Å². The van der Waals surface area contributed by atoms with Gasteiger partial charge in [0.15, 0.2) is 0 Å². The molecule has 22 heavy (non-hydrogen) atoms. The molecule has 0 spiro atoms. The molecular weight excluding hydrogens is 306 g/mol. The quantitative estimate of drug-likeness (QED) is 0.674. The second kappa shape index (κ2) is 5.63. The number of piperidine rings is 1. The molecule has 1 nitrogen and oxygen atoms in total. The van der Waals surface area contributed by atoms with Crippen molar-refractivity contribution in [1.29, 1.82) is 0 Å².